The molecule has 0 spiro atoms. The molecule has 0 saturated carbocycles. The second-order valence-corrected chi connectivity index (χ2v) is 20.9. The molecule has 460 valence electrons. The molecule has 1 heterocycles. The summed E-state index contributed by atoms with van der Waals surface area (Å²) in [5, 5.41) is 63.7. The molecule has 10 amide bonds. The van der Waals surface area contributed by atoms with E-state index >= 15 is 0 Å². The number of amides is 10. The van der Waals surface area contributed by atoms with Crippen molar-refractivity contribution in [2.24, 2.45) is 34.0 Å². The third-order valence-electron chi connectivity index (χ3n) is 12.8. The number of thiol groups is 1. The Morgan fingerprint density at radius 1 is 0.675 bits per heavy atom. The number of hydrogen-bond donors (Lipinski definition) is 17. The first-order valence-electron chi connectivity index (χ1n) is 26.8. The number of aromatic hydroxyl groups is 1. The minimum atomic E-state index is -1.76. The maximum atomic E-state index is 14.2. The van der Waals surface area contributed by atoms with Crippen LogP contribution in [0.5, 0.6) is 5.75 Å². The Morgan fingerprint density at radius 3 is 1.83 bits per heavy atom. The van der Waals surface area contributed by atoms with Crippen molar-refractivity contribution >= 4 is 77.7 Å². The molecule has 1 aliphatic heterocycles. The molecule has 0 aliphatic carbocycles. The fourth-order valence-corrected chi connectivity index (χ4v) is 8.48. The highest BCUT2D eigenvalue weighted by atomic mass is 32.1. The molecule has 29 nitrogen and oxygen atoms in total. The van der Waals surface area contributed by atoms with E-state index < -0.39 is 158 Å². The van der Waals surface area contributed by atoms with Gasteiger partial charge in [-0.15, -0.1) is 0 Å². The van der Waals surface area contributed by atoms with Crippen molar-refractivity contribution in [2.75, 3.05) is 32.1 Å². The summed E-state index contributed by atoms with van der Waals surface area (Å²) in [6.45, 7) is 6.97. The normalized spacial score (nSPS) is 19.2. The molecular formula is C53H81N13O16S. The summed E-state index contributed by atoms with van der Waals surface area (Å²) in [4.78, 5) is 138. The first kappa shape index (κ1) is 69.6. The number of ether oxygens (including phenoxy) is 2. The number of phenolic OH excluding ortho intramolecular Hbond substituents is 1. The molecule has 0 bridgehead atoms. The summed E-state index contributed by atoms with van der Waals surface area (Å²) in [5.41, 5.74) is 17.8. The smallest absolute Gasteiger partial charge is 0.245 e. The van der Waals surface area contributed by atoms with Crippen LogP contribution in [-0.4, -0.2) is 190 Å². The third-order valence-corrected chi connectivity index (χ3v) is 13.1. The number of aliphatic hydroxyl groups excluding tert-OH is 3. The zero-order valence-electron chi connectivity index (χ0n) is 47.2. The van der Waals surface area contributed by atoms with E-state index in [1.54, 1.807) is 44.2 Å². The summed E-state index contributed by atoms with van der Waals surface area (Å²) in [7, 11) is 0. The first-order valence-corrected chi connectivity index (χ1v) is 27.4. The molecule has 19 N–H and O–H groups in total. The molecule has 83 heavy (non-hydrogen) atoms. The van der Waals surface area contributed by atoms with E-state index in [2.05, 4.69) is 65.5 Å². The van der Waals surface area contributed by atoms with Crippen molar-refractivity contribution in [3.63, 3.8) is 0 Å². The molecule has 2 aromatic rings. The van der Waals surface area contributed by atoms with E-state index in [-0.39, 0.29) is 62.0 Å². The van der Waals surface area contributed by atoms with Crippen LogP contribution in [0.1, 0.15) is 71.9 Å². The summed E-state index contributed by atoms with van der Waals surface area (Å²) >= 11 is 3.91. The van der Waals surface area contributed by atoms with Gasteiger partial charge in [-0.25, -0.2) is 0 Å². The number of benzene rings is 2. The second-order valence-electron chi connectivity index (χ2n) is 20.6. The second kappa shape index (κ2) is 34.7. The van der Waals surface area contributed by atoms with Crippen LogP contribution in [0.25, 0.3) is 0 Å². The molecule has 1 saturated heterocycles. The summed E-state index contributed by atoms with van der Waals surface area (Å²) in [5.74, 6) is -9.66. The highest BCUT2D eigenvalue weighted by Gasteiger charge is 2.46. The van der Waals surface area contributed by atoms with Gasteiger partial charge in [-0.1, -0.05) is 70.2 Å². The number of rotatable bonds is 33. The molecule has 12 atom stereocenters. The van der Waals surface area contributed by atoms with Gasteiger partial charge in [0.2, 0.25) is 59.1 Å². The molecule has 1 aliphatic rings. The van der Waals surface area contributed by atoms with Gasteiger partial charge in [0, 0.05) is 26.3 Å². The number of nitrogens with one attached hydrogen (secondary N) is 9. The Bertz CT molecular complexity index is 2540. The fourth-order valence-electron chi connectivity index (χ4n) is 8.39. The van der Waals surface area contributed by atoms with Gasteiger partial charge in [0.25, 0.3) is 0 Å². The molecule has 3 rings (SSSR count). The quantitative estimate of drug-likeness (QED) is 0.0138. The van der Waals surface area contributed by atoms with Crippen LogP contribution in [0.15, 0.2) is 59.6 Å². The Kier molecular flexibility index (Phi) is 29.1. The van der Waals surface area contributed by atoms with Gasteiger partial charge in [0.1, 0.15) is 72.4 Å². The molecule has 0 radical (unpaired) electrons. The van der Waals surface area contributed by atoms with Crippen LogP contribution in [0.3, 0.4) is 0 Å². The lowest BCUT2D eigenvalue weighted by Crippen LogP contribution is -2.65. The summed E-state index contributed by atoms with van der Waals surface area (Å²) < 4.78 is 11.4. The maximum absolute atomic E-state index is 14.2. The Balaban J connectivity index is 1.81. The number of nitrogens with two attached hydrogens (primary N) is 3. The van der Waals surface area contributed by atoms with Gasteiger partial charge in [-0.3, -0.25) is 52.9 Å². The van der Waals surface area contributed by atoms with Crippen LogP contribution in [0, 0.1) is 11.8 Å². The third kappa shape index (κ3) is 24.0. The van der Waals surface area contributed by atoms with Crippen molar-refractivity contribution < 1.29 is 77.8 Å². The van der Waals surface area contributed by atoms with Crippen LogP contribution < -0.4 is 65.1 Å². The molecule has 30 heteroatoms. The number of nitrogens with zero attached hydrogens (tertiary/aromatic N) is 1. The lowest BCUT2D eigenvalue weighted by atomic mass is 9.97. The monoisotopic (exact) mass is 1190 g/mol. The van der Waals surface area contributed by atoms with Gasteiger partial charge < -0.3 is 95.0 Å². The highest BCUT2D eigenvalue weighted by Crippen LogP contribution is 2.23. The van der Waals surface area contributed by atoms with E-state index in [9.17, 15) is 68.4 Å². The predicted octanol–water partition coefficient (Wildman–Crippen LogP) is -5.16. The number of phenols is 1. The van der Waals surface area contributed by atoms with Crippen molar-refractivity contribution in [3.05, 3.63) is 65.7 Å². The van der Waals surface area contributed by atoms with Crippen LogP contribution in [0.2, 0.25) is 0 Å². The van der Waals surface area contributed by atoms with Crippen LogP contribution in [-0.2, 0) is 70.3 Å². The molecule has 0 unspecified atom stereocenters. The first-order chi connectivity index (χ1) is 39.1. The largest absolute Gasteiger partial charge is 0.508 e. The van der Waals surface area contributed by atoms with Gasteiger partial charge in [0.05, 0.1) is 25.5 Å². The highest BCUT2D eigenvalue weighted by molar-refractivity contribution is 7.81. The van der Waals surface area contributed by atoms with E-state index in [0.717, 1.165) is 0 Å². The van der Waals surface area contributed by atoms with Gasteiger partial charge in [0.15, 0.2) is 12.2 Å². The number of hydrogen-bond acceptors (Lipinski definition) is 18. The number of guanidine groups is 1. The minimum absolute atomic E-state index is 0.0327. The number of primary amides is 1. The number of carbonyl (C=O) groups is 10. The molecule has 1 fully saturated rings. The maximum Gasteiger partial charge on any atom is 0.245 e. The average molecular weight is 1190 g/mol. The van der Waals surface area contributed by atoms with Crippen molar-refractivity contribution in [1.29, 1.82) is 0 Å². The van der Waals surface area contributed by atoms with Gasteiger partial charge >= 0.3 is 0 Å². The van der Waals surface area contributed by atoms with Crippen LogP contribution >= 0.6 is 12.6 Å². The molecule has 2 aromatic carbocycles. The Morgan fingerprint density at radius 2 is 1.25 bits per heavy atom. The van der Waals surface area contributed by atoms with Gasteiger partial charge in [-0.2, -0.15) is 12.6 Å². The average Bonchev–Trinajstić information content (AvgIpc) is 3.59. The predicted molar refractivity (Wildman–Crippen MR) is 303 cm³/mol. The van der Waals surface area contributed by atoms with Crippen molar-refractivity contribution in [3.8, 4) is 5.75 Å². The standard InChI is InChI=1S/C53H81N13O16S/c1-26(2)19-35(60-29(6)68)48(77)64-36(21-31-14-16-32(69)17-15-31)49(78)62-33(13-10-18-57-53(55)56)47(76)59-28(5)46(75)66-41(27(3)4)51(80)58-22-39(70)61-37(50(79)63-34(45(54)74)20-30-11-8-7-9-12-30)24-81-52-42(65-40(71)25-83)44(73)43(72)38(23-67)82-52/h7-9,11-12,14-17,26-28,33-38,41-44,52,67,69,72-73,83H,10,13,18-25H2,1-6H3,(H2,54,74)(H,58,80)(H,59,76)(H,60,68)(H,61,70)(H,62,78)(H,63,79)(H,64,77)(H,65,71)(H,66,75)(H4,55,56,57)/t28-,33-,34-,35-,36-,37-,38+,41-,42+,43+,44+,52+/m0/s1. The van der Waals surface area contributed by atoms with Gasteiger partial charge in [-0.05, 0) is 61.3 Å². The lowest BCUT2D eigenvalue weighted by Gasteiger charge is -2.42. The SMILES string of the molecule is CC(=O)N[C@@H](CC(C)C)C(=O)N[C@@H](Cc1ccc(O)cc1)C(=O)N[C@@H](CCCN=C(N)N)C(=O)N[C@@H](C)C(=O)N[C@H](C(=O)NCC(=O)N[C@@H](CO[C@@H]1O[C@H](CO)[C@@H](O)[C@H](O)[C@H]1NC(=O)CS)C(=O)N[C@@H](Cc1ccccc1)C(N)=O)C(C)C. The van der Waals surface area contributed by atoms with Crippen LogP contribution in [0.4, 0.5) is 0 Å². The van der Waals surface area contributed by atoms with E-state index in [0.29, 0.717) is 11.1 Å². The Hall–Kier alpha value is -7.64. The zero-order valence-corrected chi connectivity index (χ0v) is 48.1. The lowest BCUT2D eigenvalue weighted by molar-refractivity contribution is -0.270. The topological polar surface area (TPSA) is 469 Å². The van der Waals surface area contributed by atoms with Crippen molar-refractivity contribution in [2.45, 2.75) is 147 Å². The summed E-state index contributed by atoms with van der Waals surface area (Å²) in [6.07, 6.45) is -6.45. The van der Waals surface area contributed by atoms with E-state index in [4.69, 9.17) is 26.7 Å². The number of aliphatic hydroxyl groups is 3. The van der Waals surface area contributed by atoms with Crippen molar-refractivity contribution in [1.82, 2.24) is 47.9 Å². The molecular weight excluding hydrogens is 1110 g/mol. The van der Waals surface area contributed by atoms with E-state index in [1.165, 1.54) is 38.1 Å². The summed E-state index contributed by atoms with van der Waals surface area (Å²) in [6, 6.07) is 3.33. The minimum Gasteiger partial charge on any atom is -0.508 e. The zero-order chi connectivity index (χ0) is 62.1. The molecule has 0 aromatic heterocycles. The number of aliphatic imine (C=N–C) groups is 1. The number of carbonyl (C=O) groups excluding carboxylic acids is 10. The Labute approximate surface area is 485 Å². The van der Waals surface area contributed by atoms with E-state index in [1.807, 2.05) is 13.8 Å². The fraction of sp³-hybridized carbons (Fsp3) is 0.566.